The van der Waals surface area contributed by atoms with Crippen LogP contribution in [-0.4, -0.2) is 71.4 Å². The van der Waals surface area contributed by atoms with Gasteiger partial charge in [0.15, 0.2) is 0 Å². The van der Waals surface area contributed by atoms with E-state index in [1.165, 1.54) is 0 Å². The Labute approximate surface area is 160 Å². The molecule has 1 aromatic heterocycles. The number of carboxylic acid groups (broad SMARTS) is 1. The number of carboxylic acids is 1. The zero-order valence-electron chi connectivity index (χ0n) is 15.2. The van der Waals surface area contributed by atoms with Gasteiger partial charge in [-0.25, -0.2) is 9.78 Å². The lowest BCUT2D eigenvalue weighted by molar-refractivity contribution is -0.192. The first kappa shape index (κ1) is 21.7. The number of aromatic nitrogens is 1. The highest BCUT2D eigenvalue weighted by Gasteiger charge is 2.42. The lowest BCUT2D eigenvalue weighted by Crippen LogP contribution is -2.58. The van der Waals surface area contributed by atoms with Crippen LogP contribution in [0.3, 0.4) is 0 Å². The van der Waals surface area contributed by atoms with E-state index in [0.717, 1.165) is 31.7 Å². The molecule has 3 heterocycles. The van der Waals surface area contributed by atoms with E-state index in [0.29, 0.717) is 13.1 Å². The maximum Gasteiger partial charge on any atom is 0.490 e. The second-order valence-electron chi connectivity index (χ2n) is 6.51. The Bertz CT molecular complexity index is 689. The average Bonchev–Trinajstić information content (AvgIpc) is 2.66. The second-order valence-corrected chi connectivity index (χ2v) is 6.51. The van der Waals surface area contributed by atoms with Gasteiger partial charge in [0, 0.05) is 25.8 Å². The number of pyridine rings is 1. The van der Waals surface area contributed by atoms with Crippen LogP contribution in [0.2, 0.25) is 0 Å². The Morgan fingerprint density at radius 3 is 2.50 bits per heavy atom. The fraction of sp³-hybridized carbons (Fsp3) is 0.500. The summed E-state index contributed by atoms with van der Waals surface area (Å²) in [5.41, 5.74) is -0.192. The summed E-state index contributed by atoms with van der Waals surface area (Å²) in [5.74, 6) is -1.68. The molecule has 0 bridgehead atoms. The van der Waals surface area contributed by atoms with Crippen molar-refractivity contribution in [3.63, 3.8) is 0 Å². The van der Waals surface area contributed by atoms with E-state index in [-0.39, 0.29) is 18.1 Å². The van der Waals surface area contributed by atoms with E-state index in [1.54, 1.807) is 6.08 Å². The minimum Gasteiger partial charge on any atom is -0.475 e. The summed E-state index contributed by atoms with van der Waals surface area (Å²) in [6, 6.07) is 5.97. The molecule has 1 spiro atoms. The third kappa shape index (κ3) is 5.69. The lowest BCUT2D eigenvalue weighted by atomic mass is 9.89. The highest BCUT2D eigenvalue weighted by Crippen LogP contribution is 2.31. The van der Waals surface area contributed by atoms with Crippen molar-refractivity contribution in [2.45, 2.75) is 24.6 Å². The molecular formula is C18H22F3N3O4. The van der Waals surface area contributed by atoms with Gasteiger partial charge in [0.05, 0.1) is 12.1 Å². The molecule has 28 heavy (non-hydrogen) atoms. The third-order valence-corrected chi connectivity index (χ3v) is 4.57. The van der Waals surface area contributed by atoms with Crippen molar-refractivity contribution in [1.29, 1.82) is 0 Å². The van der Waals surface area contributed by atoms with Crippen LogP contribution in [0.4, 0.5) is 19.0 Å². The summed E-state index contributed by atoms with van der Waals surface area (Å²) >= 11 is 0. The predicted molar refractivity (Wildman–Crippen MR) is 94.8 cm³/mol. The molecule has 0 aliphatic carbocycles. The molecule has 10 heteroatoms. The molecule has 0 atom stereocenters. The van der Waals surface area contributed by atoms with Crippen LogP contribution in [0.25, 0.3) is 0 Å². The number of carbonyl (C=O) groups is 2. The number of carbonyl (C=O) groups excluding carboxylic acids is 1. The molecule has 2 saturated heterocycles. The zero-order chi connectivity index (χ0) is 20.8. The molecule has 1 amide bonds. The first-order chi connectivity index (χ1) is 13.2. The zero-order valence-corrected chi connectivity index (χ0v) is 15.2. The Hall–Kier alpha value is -2.62. The van der Waals surface area contributed by atoms with Crippen LogP contribution in [0.15, 0.2) is 37.1 Å². The molecule has 7 nitrogen and oxygen atoms in total. The molecule has 3 rings (SSSR count). The minimum atomic E-state index is -5.08. The number of piperidine rings is 1. The molecule has 1 N–H and O–H groups in total. The molecule has 0 radical (unpaired) electrons. The largest absolute Gasteiger partial charge is 0.490 e. The van der Waals surface area contributed by atoms with E-state index in [2.05, 4.69) is 16.5 Å². The van der Waals surface area contributed by atoms with E-state index in [1.807, 2.05) is 29.3 Å². The molecule has 1 aromatic rings. The summed E-state index contributed by atoms with van der Waals surface area (Å²) in [5, 5.41) is 7.12. The van der Waals surface area contributed by atoms with Gasteiger partial charge in [0.25, 0.3) is 0 Å². The van der Waals surface area contributed by atoms with Gasteiger partial charge in [-0.05, 0) is 25.0 Å². The molecule has 2 fully saturated rings. The topological polar surface area (TPSA) is 83.0 Å². The summed E-state index contributed by atoms with van der Waals surface area (Å²) in [4.78, 5) is 29.3. The minimum absolute atomic E-state index is 0.0627. The molecule has 0 unspecified atom stereocenters. The van der Waals surface area contributed by atoms with E-state index < -0.39 is 12.1 Å². The first-order valence-corrected chi connectivity index (χ1v) is 8.65. The van der Waals surface area contributed by atoms with Gasteiger partial charge in [0.1, 0.15) is 12.4 Å². The van der Waals surface area contributed by atoms with Crippen molar-refractivity contribution >= 4 is 17.7 Å². The van der Waals surface area contributed by atoms with Crippen molar-refractivity contribution in [3.8, 4) is 0 Å². The molecule has 2 aliphatic rings. The average molecular weight is 401 g/mol. The number of halogens is 3. The fourth-order valence-corrected chi connectivity index (χ4v) is 3.10. The fourth-order valence-electron chi connectivity index (χ4n) is 3.10. The third-order valence-electron chi connectivity index (χ3n) is 4.57. The van der Waals surface area contributed by atoms with Crippen molar-refractivity contribution in [1.82, 2.24) is 9.88 Å². The smallest absolute Gasteiger partial charge is 0.475 e. The maximum atomic E-state index is 11.8. The Morgan fingerprint density at radius 1 is 1.36 bits per heavy atom. The maximum absolute atomic E-state index is 11.8. The molecule has 0 aromatic carbocycles. The Kier molecular flexibility index (Phi) is 7.00. The van der Waals surface area contributed by atoms with Gasteiger partial charge in [0.2, 0.25) is 5.91 Å². The van der Waals surface area contributed by atoms with Crippen LogP contribution in [0, 0.1) is 0 Å². The SMILES string of the molecule is C=CCN1CC2(CCN(c3ccccn3)CC2)OCC1=O.O=C(O)C(F)(F)F. The molecular weight excluding hydrogens is 379 g/mol. The number of amides is 1. The number of hydrogen-bond donors (Lipinski definition) is 1. The summed E-state index contributed by atoms with van der Waals surface area (Å²) in [6.07, 6.45) is 0.357. The molecule has 0 saturated carbocycles. The molecule has 2 aliphatic heterocycles. The van der Waals surface area contributed by atoms with Gasteiger partial charge in [-0.3, -0.25) is 4.79 Å². The first-order valence-electron chi connectivity index (χ1n) is 8.65. The number of aliphatic carboxylic acids is 1. The quantitative estimate of drug-likeness (QED) is 0.781. The van der Waals surface area contributed by atoms with Crippen molar-refractivity contribution in [2.24, 2.45) is 0 Å². The van der Waals surface area contributed by atoms with Crippen molar-refractivity contribution < 1.29 is 32.6 Å². The standard InChI is InChI=1S/C16H21N3O2.C2HF3O2/c1-2-9-19-13-16(21-12-15(19)20)6-10-18(11-7-16)14-5-3-4-8-17-14;3-2(4,5)1(6)7/h2-5,8H,1,6-7,9-13H2;(H,6,7). The van der Waals surface area contributed by atoms with Crippen LogP contribution in [0.5, 0.6) is 0 Å². The van der Waals surface area contributed by atoms with Gasteiger partial charge >= 0.3 is 12.1 Å². The number of hydrogen-bond acceptors (Lipinski definition) is 5. The summed E-state index contributed by atoms with van der Waals surface area (Å²) in [6.45, 7) is 7.01. The van der Waals surface area contributed by atoms with Gasteiger partial charge in [-0.2, -0.15) is 13.2 Å². The Morgan fingerprint density at radius 2 is 2.00 bits per heavy atom. The Balaban J connectivity index is 0.000000345. The van der Waals surface area contributed by atoms with E-state index >= 15 is 0 Å². The number of ether oxygens (including phenoxy) is 1. The molecule has 154 valence electrons. The van der Waals surface area contributed by atoms with Gasteiger partial charge in [-0.1, -0.05) is 12.1 Å². The number of morpholine rings is 1. The van der Waals surface area contributed by atoms with Crippen molar-refractivity contribution in [2.75, 3.05) is 37.7 Å². The van der Waals surface area contributed by atoms with Gasteiger partial charge < -0.3 is 19.6 Å². The summed E-state index contributed by atoms with van der Waals surface area (Å²) in [7, 11) is 0. The van der Waals surface area contributed by atoms with Crippen molar-refractivity contribution in [3.05, 3.63) is 37.1 Å². The highest BCUT2D eigenvalue weighted by atomic mass is 19.4. The van der Waals surface area contributed by atoms with Crippen LogP contribution < -0.4 is 4.90 Å². The highest BCUT2D eigenvalue weighted by molar-refractivity contribution is 5.78. The van der Waals surface area contributed by atoms with Crippen LogP contribution in [-0.2, 0) is 14.3 Å². The van der Waals surface area contributed by atoms with E-state index in [9.17, 15) is 18.0 Å². The number of nitrogens with zero attached hydrogens (tertiary/aromatic N) is 3. The monoisotopic (exact) mass is 401 g/mol. The lowest BCUT2D eigenvalue weighted by Gasteiger charge is -2.47. The number of rotatable bonds is 3. The normalized spacial score (nSPS) is 19.0. The van der Waals surface area contributed by atoms with Crippen LogP contribution in [0.1, 0.15) is 12.8 Å². The van der Waals surface area contributed by atoms with Crippen LogP contribution >= 0.6 is 0 Å². The summed E-state index contributed by atoms with van der Waals surface area (Å²) < 4.78 is 37.6. The van der Waals surface area contributed by atoms with E-state index in [4.69, 9.17) is 14.6 Å². The number of anilines is 1. The van der Waals surface area contributed by atoms with Gasteiger partial charge in [-0.15, -0.1) is 6.58 Å². The second kappa shape index (κ2) is 9.05. The predicted octanol–water partition coefficient (Wildman–Crippen LogP) is 2.10. The number of alkyl halides is 3.